The van der Waals surface area contributed by atoms with Gasteiger partial charge in [-0.25, -0.2) is 0 Å². The highest BCUT2D eigenvalue weighted by molar-refractivity contribution is 6.07. The Balaban J connectivity index is 1.61. The Morgan fingerprint density at radius 3 is 2.35 bits per heavy atom. The van der Waals surface area contributed by atoms with Crippen LogP contribution in [-0.2, 0) is 20.7 Å². The fourth-order valence-corrected chi connectivity index (χ4v) is 3.73. The quantitative estimate of drug-likeness (QED) is 0.418. The number of hydrogen-bond donors (Lipinski definition) is 2. The van der Waals surface area contributed by atoms with Crippen molar-refractivity contribution in [3.8, 4) is 23.0 Å². The first-order valence-electron chi connectivity index (χ1n) is 10.6. The zero-order valence-corrected chi connectivity index (χ0v) is 18.3. The Labute approximate surface area is 195 Å². The summed E-state index contributed by atoms with van der Waals surface area (Å²) in [4.78, 5) is 37.7. The molecular formula is C26H22O8. The van der Waals surface area contributed by atoms with E-state index in [1.165, 1.54) is 25.1 Å². The highest BCUT2D eigenvalue weighted by Crippen LogP contribution is 2.43. The molecule has 3 aromatic carbocycles. The van der Waals surface area contributed by atoms with Crippen molar-refractivity contribution in [1.82, 2.24) is 0 Å². The number of hydrogen-bond acceptors (Lipinski definition) is 8. The van der Waals surface area contributed by atoms with Gasteiger partial charge < -0.3 is 24.4 Å². The fraction of sp³-hybridized carbons (Fsp3) is 0.192. The Kier molecular flexibility index (Phi) is 6.49. The molecule has 0 spiro atoms. The lowest BCUT2D eigenvalue weighted by Crippen LogP contribution is -2.39. The summed E-state index contributed by atoms with van der Waals surface area (Å²) in [5.41, 5.74) is 1.32. The summed E-state index contributed by atoms with van der Waals surface area (Å²) in [5.74, 6) is -2.21. The second-order valence-corrected chi connectivity index (χ2v) is 7.80. The molecule has 0 aromatic heterocycles. The lowest BCUT2D eigenvalue weighted by atomic mass is 9.92. The summed E-state index contributed by atoms with van der Waals surface area (Å²) in [6, 6.07) is 17.6. The van der Waals surface area contributed by atoms with Crippen LogP contribution in [-0.4, -0.2) is 34.0 Å². The minimum Gasteiger partial charge on any atom is -0.508 e. The third-order valence-electron chi connectivity index (χ3n) is 5.28. The van der Waals surface area contributed by atoms with E-state index in [4.69, 9.17) is 14.2 Å². The maximum atomic E-state index is 13.4. The summed E-state index contributed by atoms with van der Waals surface area (Å²) in [6.45, 7) is 1.19. The zero-order valence-electron chi connectivity index (χ0n) is 18.3. The summed E-state index contributed by atoms with van der Waals surface area (Å²) < 4.78 is 16.7. The highest BCUT2D eigenvalue weighted by atomic mass is 16.6. The number of ketones is 1. The molecule has 0 bridgehead atoms. The second-order valence-electron chi connectivity index (χ2n) is 7.80. The molecule has 0 aliphatic carbocycles. The number of Topliss-reactive ketones (excluding diaryl/α,β-unsaturated/α-hetero) is 1. The van der Waals surface area contributed by atoms with Crippen LogP contribution in [0, 0.1) is 0 Å². The first-order chi connectivity index (χ1) is 16.3. The van der Waals surface area contributed by atoms with E-state index in [-0.39, 0.29) is 35.0 Å². The van der Waals surface area contributed by atoms with Crippen LogP contribution in [0.25, 0.3) is 0 Å². The number of phenolic OH excluding ortho intramolecular Hbond substituents is 2. The number of ether oxygens (including phenoxy) is 3. The lowest BCUT2D eigenvalue weighted by Gasteiger charge is -2.32. The van der Waals surface area contributed by atoms with Crippen molar-refractivity contribution < 1.29 is 38.8 Å². The smallest absolute Gasteiger partial charge is 0.311 e. The van der Waals surface area contributed by atoms with Gasteiger partial charge in [-0.1, -0.05) is 42.5 Å². The standard InChI is InChI=1S/C26H22O8/c1-15(27)32-26-24(31)23-20(33-22(30)12-9-16-7-10-18(28)11-8-16)13-19(29)14-21(23)34-25(26)17-5-3-2-4-6-17/h2-8,10-11,13-14,25-26,28-29H,9,12H2,1H3/t25-,26+/m1/s1. The number of phenols is 2. The van der Waals surface area contributed by atoms with Gasteiger partial charge in [-0.2, -0.15) is 0 Å². The molecule has 3 aromatic rings. The van der Waals surface area contributed by atoms with Crippen LogP contribution in [0.2, 0.25) is 0 Å². The Morgan fingerprint density at radius 1 is 0.971 bits per heavy atom. The summed E-state index contributed by atoms with van der Waals surface area (Å²) >= 11 is 0. The first-order valence-corrected chi connectivity index (χ1v) is 10.6. The average molecular weight is 462 g/mol. The Hall–Kier alpha value is -4.33. The van der Waals surface area contributed by atoms with Crippen LogP contribution in [0.1, 0.15) is 40.9 Å². The van der Waals surface area contributed by atoms with Crippen LogP contribution in [0.4, 0.5) is 0 Å². The number of aryl methyl sites for hydroxylation is 1. The molecule has 4 rings (SSSR count). The first kappa shape index (κ1) is 22.8. The van der Waals surface area contributed by atoms with E-state index in [2.05, 4.69) is 0 Å². The van der Waals surface area contributed by atoms with Gasteiger partial charge in [-0.3, -0.25) is 14.4 Å². The van der Waals surface area contributed by atoms with Crippen molar-refractivity contribution in [2.45, 2.75) is 32.0 Å². The van der Waals surface area contributed by atoms with Gasteiger partial charge in [0.1, 0.15) is 28.6 Å². The minimum atomic E-state index is -1.30. The number of aromatic hydroxyl groups is 2. The largest absolute Gasteiger partial charge is 0.508 e. The maximum absolute atomic E-state index is 13.4. The SMILES string of the molecule is CC(=O)O[C@H]1C(=O)c2c(OC(=O)CCc3ccc(O)cc3)cc(O)cc2O[C@@H]1c1ccccc1. The molecule has 34 heavy (non-hydrogen) atoms. The highest BCUT2D eigenvalue weighted by Gasteiger charge is 2.43. The van der Waals surface area contributed by atoms with Gasteiger partial charge in [0.25, 0.3) is 0 Å². The average Bonchev–Trinajstić information content (AvgIpc) is 2.80. The Bertz CT molecular complexity index is 1220. The van der Waals surface area contributed by atoms with Gasteiger partial charge in [0.2, 0.25) is 11.9 Å². The van der Waals surface area contributed by atoms with E-state index in [0.29, 0.717) is 12.0 Å². The number of carbonyl (C=O) groups is 3. The number of carbonyl (C=O) groups excluding carboxylic acids is 3. The molecule has 0 saturated carbocycles. The fourth-order valence-electron chi connectivity index (χ4n) is 3.73. The van der Waals surface area contributed by atoms with Crippen LogP contribution in [0.15, 0.2) is 66.7 Å². The molecule has 2 N–H and O–H groups in total. The molecule has 8 nitrogen and oxygen atoms in total. The number of esters is 2. The van der Waals surface area contributed by atoms with E-state index >= 15 is 0 Å². The normalized spacial score (nSPS) is 16.8. The van der Waals surface area contributed by atoms with Gasteiger partial charge in [-0.15, -0.1) is 0 Å². The van der Waals surface area contributed by atoms with Crippen molar-refractivity contribution >= 4 is 17.7 Å². The third-order valence-corrected chi connectivity index (χ3v) is 5.28. The zero-order chi connectivity index (χ0) is 24.2. The van der Waals surface area contributed by atoms with Crippen LogP contribution >= 0.6 is 0 Å². The number of rotatable bonds is 6. The predicted molar refractivity (Wildman–Crippen MR) is 120 cm³/mol. The third kappa shape index (κ3) is 5.01. The van der Waals surface area contributed by atoms with Gasteiger partial charge in [0.15, 0.2) is 6.10 Å². The van der Waals surface area contributed by atoms with Gasteiger partial charge in [0, 0.05) is 25.5 Å². The van der Waals surface area contributed by atoms with E-state index in [1.54, 1.807) is 42.5 Å². The molecule has 0 saturated heterocycles. The molecule has 174 valence electrons. The van der Waals surface area contributed by atoms with Crippen LogP contribution in [0.3, 0.4) is 0 Å². The molecule has 8 heteroatoms. The minimum absolute atomic E-state index is 0.00966. The van der Waals surface area contributed by atoms with Crippen molar-refractivity contribution in [2.24, 2.45) is 0 Å². The van der Waals surface area contributed by atoms with Crippen molar-refractivity contribution in [1.29, 1.82) is 0 Å². The molecule has 0 fully saturated rings. The van der Waals surface area contributed by atoms with Gasteiger partial charge in [0.05, 0.1) is 0 Å². The number of fused-ring (bicyclic) bond motifs is 1. The molecule has 1 aliphatic rings. The molecule has 0 radical (unpaired) electrons. The van der Waals surface area contributed by atoms with Crippen molar-refractivity contribution in [3.05, 3.63) is 83.4 Å². The van der Waals surface area contributed by atoms with E-state index in [0.717, 1.165) is 11.6 Å². The number of benzene rings is 3. The Morgan fingerprint density at radius 2 is 1.68 bits per heavy atom. The molecule has 1 heterocycles. The van der Waals surface area contributed by atoms with Crippen molar-refractivity contribution in [3.63, 3.8) is 0 Å². The molecule has 0 unspecified atom stereocenters. The van der Waals surface area contributed by atoms with E-state index < -0.39 is 29.9 Å². The topological polar surface area (TPSA) is 119 Å². The monoisotopic (exact) mass is 462 g/mol. The molecule has 0 amide bonds. The molecule has 2 atom stereocenters. The van der Waals surface area contributed by atoms with E-state index in [9.17, 15) is 24.6 Å². The lowest BCUT2D eigenvalue weighted by molar-refractivity contribution is -0.149. The van der Waals surface area contributed by atoms with Crippen LogP contribution < -0.4 is 9.47 Å². The second kappa shape index (κ2) is 9.66. The van der Waals surface area contributed by atoms with Crippen LogP contribution in [0.5, 0.6) is 23.0 Å². The van der Waals surface area contributed by atoms with E-state index in [1.807, 2.05) is 0 Å². The summed E-state index contributed by atoms with van der Waals surface area (Å²) in [6.07, 6.45) is -1.91. The predicted octanol–water partition coefficient (Wildman–Crippen LogP) is 3.88. The summed E-state index contributed by atoms with van der Waals surface area (Å²) in [7, 11) is 0. The van der Waals surface area contributed by atoms with Gasteiger partial charge >= 0.3 is 11.9 Å². The summed E-state index contributed by atoms with van der Waals surface area (Å²) in [5, 5.41) is 19.5. The maximum Gasteiger partial charge on any atom is 0.311 e. The molecular weight excluding hydrogens is 440 g/mol. The van der Waals surface area contributed by atoms with Gasteiger partial charge in [-0.05, 0) is 29.7 Å². The van der Waals surface area contributed by atoms with Crippen molar-refractivity contribution in [2.75, 3.05) is 0 Å². The molecule has 1 aliphatic heterocycles.